The van der Waals surface area contributed by atoms with Crippen molar-refractivity contribution in [1.29, 1.82) is 0 Å². The molecule has 2 aliphatic rings. The second-order valence-electron chi connectivity index (χ2n) is 9.61. The van der Waals surface area contributed by atoms with Crippen molar-refractivity contribution in [3.05, 3.63) is 89.0 Å². The van der Waals surface area contributed by atoms with Gasteiger partial charge in [0.15, 0.2) is 0 Å². The molecule has 37 heavy (non-hydrogen) atoms. The number of ether oxygens (including phenoxy) is 1. The van der Waals surface area contributed by atoms with Crippen LogP contribution in [0.1, 0.15) is 46.8 Å². The quantitative estimate of drug-likeness (QED) is 0.409. The number of rotatable bonds is 7. The molecule has 0 aliphatic carbocycles. The van der Waals surface area contributed by atoms with Crippen LogP contribution >= 0.6 is 0 Å². The summed E-state index contributed by atoms with van der Waals surface area (Å²) in [6.07, 6.45) is 3.78. The summed E-state index contributed by atoms with van der Waals surface area (Å²) >= 11 is 0. The van der Waals surface area contributed by atoms with Gasteiger partial charge in [-0.05, 0) is 66.6 Å². The summed E-state index contributed by atoms with van der Waals surface area (Å²) in [6, 6.07) is 21.4. The summed E-state index contributed by atoms with van der Waals surface area (Å²) < 4.78 is 5.69. The number of amides is 3. The van der Waals surface area contributed by atoms with Crippen molar-refractivity contribution in [3.63, 3.8) is 0 Å². The van der Waals surface area contributed by atoms with Crippen LogP contribution in [0.2, 0.25) is 0 Å². The van der Waals surface area contributed by atoms with Gasteiger partial charge in [0.1, 0.15) is 0 Å². The van der Waals surface area contributed by atoms with Gasteiger partial charge in [-0.3, -0.25) is 4.79 Å². The fourth-order valence-electron chi connectivity index (χ4n) is 5.12. The van der Waals surface area contributed by atoms with Crippen molar-refractivity contribution in [2.45, 2.75) is 45.3 Å². The standard InChI is InChI=1S/C30H34N4O3/c1-2-21-8-5-6-12-27(21)33-30(36)32-24-13-14-28(34-16-15-22-9-3-4-10-23(22)20-34)26(18-24)29(35)31-19-25-11-7-17-37-25/h3-6,8-10,12-14,18,25H,2,7,11,15-17,19-20H2,1H3,(H,31,35)(H2,32,33,36). The van der Waals surface area contributed by atoms with Crippen molar-refractivity contribution in [2.75, 3.05) is 35.2 Å². The average molecular weight is 499 g/mol. The molecule has 0 aromatic heterocycles. The minimum atomic E-state index is -0.341. The van der Waals surface area contributed by atoms with Gasteiger partial charge in [0, 0.05) is 43.3 Å². The number of carbonyl (C=O) groups excluding carboxylic acids is 2. The summed E-state index contributed by atoms with van der Waals surface area (Å²) in [5.74, 6) is -0.162. The number of nitrogens with one attached hydrogen (secondary N) is 3. The molecule has 3 aromatic rings. The van der Waals surface area contributed by atoms with E-state index in [1.54, 1.807) is 6.07 Å². The Hall–Kier alpha value is -3.84. The minimum Gasteiger partial charge on any atom is -0.376 e. The smallest absolute Gasteiger partial charge is 0.323 e. The minimum absolute atomic E-state index is 0.0555. The molecule has 3 N–H and O–H groups in total. The predicted molar refractivity (Wildman–Crippen MR) is 147 cm³/mol. The van der Waals surface area contributed by atoms with Crippen molar-refractivity contribution in [1.82, 2.24) is 5.32 Å². The lowest BCUT2D eigenvalue weighted by atomic mass is 9.98. The zero-order valence-corrected chi connectivity index (χ0v) is 21.3. The van der Waals surface area contributed by atoms with Gasteiger partial charge in [-0.25, -0.2) is 4.79 Å². The van der Waals surface area contributed by atoms with Crippen molar-refractivity contribution < 1.29 is 14.3 Å². The number of hydrogen-bond acceptors (Lipinski definition) is 4. The summed E-state index contributed by atoms with van der Waals surface area (Å²) in [5.41, 5.74) is 6.44. The van der Waals surface area contributed by atoms with E-state index < -0.39 is 0 Å². The first-order chi connectivity index (χ1) is 18.1. The maximum absolute atomic E-state index is 13.4. The molecule has 0 spiro atoms. The molecular formula is C30H34N4O3. The molecule has 1 unspecified atom stereocenters. The molecule has 3 aromatic carbocycles. The molecule has 1 saturated heterocycles. The highest BCUT2D eigenvalue weighted by molar-refractivity contribution is 6.04. The van der Waals surface area contributed by atoms with E-state index in [1.807, 2.05) is 36.4 Å². The Balaban J connectivity index is 1.36. The molecule has 7 heteroatoms. The number of aryl methyl sites for hydroxylation is 1. The van der Waals surface area contributed by atoms with E-state index in [0.717, 1.165) is 62.3 Å². The van der Waals surface area contributed by atoms with Crippen LogP contribution in [-0.4, -0.2) is 37.7 Å². The number of nitrogens with zero attached hydrogens (tertiary/aromatic N) is 1. The Bertz CT molecular complexity index is 1270. The van der Waals surface area contributed by atoms with Gasteiger partial charge in [0.2, 0.25) is 0 Å². The Labute approximate surface area is 218 Å². The number of hydrogen-bond donors (Lipinski definition) is 3. The van der Waals surface area contributed by atoms with Crippen LogP contribution < -0.4 is 20.9 Å². The number of anilines is 3. The van der Waals surface area contributed by atoms with Crippen LogP contribution in [0, 0.1) is 0 Å². The third-order valence-electron chi connectivity index (χ3n) is 7.13. The summed E-state index contributed by atoms with van der Waals surface area (Å²) in [7, 11) is 0. The van der Waals surface area contributed by atoms with Gasteiger partial charge >= 0.3 is 6.03 Å². The van der Waals surface area contributed by atoms with E-state index in [2.05, 4.69) is 52.0 Å². The number of benzene rings is 3. The molecule has 2 heterocycles. The van der Waals surface area contributed by atoms with E-state index >= 15 is 0 Å². The first-order valence-corrected chi connectivity index (χ1v) is 13.1. The van der Waals surface area contributed by atoms with Crippen molar-refractivity contribution in [2.24, 2.45) is 0 Å². The van der Waals surface area contributed by atoms with Gasteiger partial charge in [0.05, 0.1) is 11.7 Å². The molecule has 0 bridgehead atoms. The molecule has 0 radical (unpaired) electrons. The van der Waals surface area contributed by atoms with Gasteiger partial charge < -0.3 is 25.6 Å². The zero-order valence-electron chi connectivity index (χ0n) is 21.3. The first kappa shape index (κ1) is 24.8. The van der Waals surface area contributed by atoms with Crippen LogP contribution in [0.4, 0.5) is 21.9 Å². The van der Waals surface area contributed by atoms with Crippen LogP contribution in [0.3, 0.4) is 0 Å². The highest BCUT2D eigenvalue weighted by Gasteiger charge is 2.23. The fraction of sp³-hybridized carbons (Fsp3) is 0.333. The number of urea groups is 1. The summed E-state index contributed by atoms with van der Waals surface area (Å²) in [6.45, 7) is 4.84. The number of fused-ring (bicyclic) bond motifs is 1. The average Bonchev–Trinajstić information content (AvgIpc) is 3.45. The normalized spacial score (nSPS) is 16.7. The molecule has 1 fully saturated rings. The maximum atomic E-state index is 13.4. The lowest BCUT2D eigenvalue weighted by Gasteiger charge is -2.32. The molecule has 192 valence electrons. The fourth-order valence-corrected chi connectivity index (χ4v) is 5.12. The van der Waals surface area contributed by atoms with Crippen LogP contribution in [0.25, 0.3) is 0 Å². The van der Waals surface area contributed by atoms with Gasteiger partial charge in [0.25, 0.3) is 5.91 Å². The third-order valence-corrected chi connectivity index (χ3v) is 7.13. The van der Waals surface area contributed by atoms with Crippen LogP contribution in [0.15, 0.2) is 66.7 Å². The van der Waals surface area contributed by atoms with Crippen molar-refractivity contribution in [3.8, 4) is 0 Å². The van der Waals surface area contributed by atoms with Crippen LogP contribution in [0.5, 0.6) is 0 Å². The van der Waals surface area contributed by atoms with E-state index in [9.17, 15) is 9.59 Å². The van der Waals surface area contributed by atoms with Gasteiger partial charge in [-0.1, -0.05) is 49.4 Å². The van der Waals surface area contributed by atoms with Gasteiger partial charge in [-0.15, -0.1) is 0 Å². The Morgan fingerprint density at radius 3 is 2.62 bits per heavy atom. The molecular weight excluding hydrogens is 464 g/mol. The Morgan fingerprint density at radius 2 is 1.81 bits per heavy atom. The summed E-state index contributed by atoms with van der Waals surface area (Å²) in [4.78, 5) is 28.4. The number of carbonyl (C=O) groups is 2. The third kappa shape index (κ3) is 5.94. The predicted octanol–water partition coefficient (Wildman–Crippen LogP) is 5.36. The lowest BCUT2D eigenvalue weighted by Crippen LogP contribution is -2.35. The lowest BCUT2D eigenvalue weighted by molar-refractivity contribution is 0.0858. The molecule has 2 aliphatic heterocycles. The molecule has 0 saturated carbocycles. The second kappa shape index (κ2) is 11.5. The topological polar surface area (TPSA) is 82.7 Å². The van der Waals surface area contributed by atoms with Crippen molar-refractivity contribution >= 4 is 29.0 Å². The second-order valence-corrected chi connectivity index (χ2v) is 9.61. The molecule has 5 rings (SSSR count). The van der Waals surface area contributed by atoms with Crippen LogP contribution in [-0.2, 0) is 24.1 Å². The van der Waals surface area contributed by atoms with E-state index in [-0.39, 0.29) is 18.0 Å². The molecule has 7 nitrogen and oxygen atoms in total. The van der Waals surface area contributed by atoms with Gasteiger partial charge in [-0.2, -0.15) is 0 Å². The Kier molecular flexibility index (Phi) is 7.70. The van der Waals surface area contributed by atoms with E-state index in [4.69, 9.17) is 4.74 Å². The molecule has 1 atom stereocenters. The van der Waals surface area contributed by atoms with E-state index in [0.29, 0.717) is 17.8 Å². The zero-order chi connectivity index (χ0) is 25.6. The largest absolute Gasteiger partial charge is 0.376 e. The highest BCUT2D eigenvalue weighted by Crippen LogP contribution is 2.30. The highest BCUT2D eigenvalue weighted by atomic mass is 16.5. The maximum Gasteiger partial charge on any atom is 0.323 e. The number of para-hydroxylation sites is 1. The van der Waals surface area contributed by atoms with E-state index in [1.165, 1.54) is 11.1 Å². The summed E-state index contributed by atoms with van der Waals surface area (Å²) in [5, 5.41) is 8.90. The SMILES string of the molecule is CCc1ccccc1NC(=O)Nc1ccc(N2CCc3ccccc3C2)c(C(=O)NCC2CCCO2)c1. The monoisotopic (exact) mass is 498 g/mol. The Morgan fingerprint density at radius 1 is 1.00 bits per heavy atom. The first-order valence-electron chi connectivity index (χ1n) is 13.1. The molecule has 3 amide bonds.